The smallest absolute Gasteiger partial charge is 0.423 e. The second-order valence-electron chi connectivity index (χ2n) is 6.51. The van der Waals surface area contributed by atoms with Crippen LogP contribution in [0.3, 0.4) is 0 Å². The second-order valence-corrected chi connectivity index (χ2v) is 6.51. The third kappa shape index (κ3) is 2.29. The number of piperidine rings is 1. The Bertz CT molecular complexity index is 770. The van der Waals surface area contributed by atoms with E-state index < -0.39 is 12.7 Å². The van der Waals surface area contributed by atoms with Crippen molar-refractivity contribution >= 4 is 29.6 Å². The Labute approximate surface area is 140 Å². The van der Waals surface area contributed by atoms with Crippen LogP contribution in [-0.2, 0) is 10.3 Å². The van der Waals surface area contributed by atoms with Gasteiger partial charge in [0.05, 0.1) is 5.60 Å². The van der Waals surface area contributed by atoms with Gasteiger partial charge < -0.3 is 24.9 Å². The topological polar surface area (TPSA) is 90.5 Å². The molecule has 8 heteroatoms. The van der Waals surface area contributed by atoms with Crippen molar-refractivity contribution in [2.45, 2.75) is 31.8 Å². The molecule has 0 unspecified atom stereocenters. The van der Waals surface area contributed by atoms with E-state index >= 15 is 0 Å². The summed E-state index contributed by atoms with van der Waals surface area (Å²) in [6, 6.07) is 1.96. The van der Waals surface area contributed by atoms with Crippen LogP contribution in [0.2, 0.25) is 0 Å². The Morgan fingerprint density at radius 1 is 1.54 bits per heavy atom. The highest BCUT2D eigenvalue weighted by molar-refractivity contribution is 6.62. The quantitative estimate of drug-likeness (QED) is 0.708. The molecule has 1 spiro atoms. The van der Waals surface area contributed by atoms with Gasteiger partial charge in [0.25, 0.3) is 0 Å². The summed E-state index contributed by atoms with van der Waals surface area (Å²) in [5.74, 6) is 0. The van der Waals surface area contributed by atoms with Crippen LogP contribution in [0.4, 0.5) is 4.79 Å². The molecule has 2 aromatic rings. The number of carbonyl (C=O) groups is 1. The van der Waals surface area contributed by atoms with Gasteiger partial charge in [0, 0.05) is 42.9 Å². The average molecular weight is 328 g/mol. The summed E-state index contributed by atoms with van der Waals surface area (Å²) in [6.45, 7) is 3.94. The summed E-state index contributed by atoms with van der Waals surface area (Å²) in [6.07, 6.45) is 5.80. The molecule has 2 aromatic heterocycles. The fourth-order valence-corrected chi connectivity index (χ4v) is 3.84. The Morgan fingerprint density at radius 2 is 2.33 bits per heavy atom. The lowest BCUT2D eigenvalue weighted by molar-refractivity contribution is 0.00515. The van der Waals surface area contributed by atoms with Crippen LogP contribution in [0, 0.1) is 0 Å². The fourth-order valence-electron chi connectivity index (χ4n) is 3.84. The van der Waals surface area contributed by atoms with E-state index in [4.69, 9.17) is 4.65 Å². The lowest BCUT2D eigenvalue weighted by Gasteiger charge is -2.40. The van der Waals surface area contributed by atoms with Crippen LogP contribution in [0.1, 0.15) is 31.7 Å². The van der Waals surface area contributed by atoms with E-state index in [0.29, 0.717) is 32.5 Å². The Hall–Kier alpha value is -2.06. The van der Waals surface area contributed by atoms with E-state index in [0.717, 1.165) is 28.5 Å². The minimum absolute atomic E-state index is 0.0213. The number of nitrogens with one attached hydrogen (secondary N) is 2. The second kappa shape index (κ2) is 5.79. The number of nitrogens with zero attached hydrogens (tertiary/aromatic N) is 2. The highest BCUT2D eigenvalue weighted by Crippen LogP contribution is 2.42. The molecule has 0 saturated carbocycles. The predicted octanol–water partition coefficient (Wildman–Crippen LogP) is 0.691. The fraction of sp³-hybridized carbons (Fsp3) is 0.500. The first-order valence-corrected chi connectivity index (χ1v) is 8.50. The molecule has 1 fully saturated rings. The van der Waals surface area contributed by atoms with Crippen LogP contribution in [-0.4, -0.2) is 52.7 Å². The van der Waals surface area contributed by atoms with E-state index in [-0.39, 0.29) is 6.03 Å². The number of hydrogen-bond donors (Lipinski definition) is 3. The lowest BCUT2D eigenvalue weighted by Crippen LogP contribution is -2.49. The molecule has 2 amide bonds. The maximum Gasteiger partial charge on any atom is 0.493 e. The lowest BCUT2D eigenvalue weighted by atomic mass is 9.76. The third-order valence-electron chi connectivity index (χ3n) is 5.06. The third-order valence-corrected chi connectivity index (χ3v) is 5.06. The SMILES string of the molecule is CCCNC(=O)N1CCC2(CC1)OB(O)c1cnc3[nH]ccc3c12. The van der Waals surface area contributed by atoms with Crippen molar-refractivity contribution in [1.29, 1.82) is 0 Å². The minimum atomic E-state index is -0.952. The number of pyridine rings is 1. The molecule has 126 valence electrons. The summed E-state index contributed by atoms with van der Waals surface area (Å²) in [7, 11) is -0.952. The molecule has 1 saturated heterocycles. The largest absolute Gasteiger partial charge is 0.493 e. The van der Waals surface area contributed by atoms with E-state index in [1.165, 1.54) is 0 Å². The van der Waals surface area contributed by atoms with Gasteiger partial charge in [-0.1, -0.05) is 6.92 Å². The van der Waals surface area contributed by atoms with Gasteiger partial charge in [-0.25, -0.2) is 9.78 Å². The molecule has 0 atom stereocenters. The number of rotatable bonds is 2. The van der Waals surface area contributed by atoms with Crippen LogP contribution >= 0.6 is 0 Å². The summed E-state index contributed by atoms with van der Waals surface area (Å²) >= 11 is 0. The number of urea groups is 1. The number of hydrogen-bond acceptors (Lipinski definition) is 4. The molecule has 3 N–H and O–H groups in total. The first-order valence-electron chi connectivity index (χ1n) is 8.50. The molecule has 7 nitrogen and oxygen atoms in total. The van der Waals surface area contributed by atoms with Crippen molar-refractivity contribution < 1.29 is 14.5 Å². The molecule has 0 radical (unpaired) electrons. The molecule has 0 aliphatic carbocycles. The van der Waals surface area contributed by atoms with Crippen LogP contribution < -0.4 is 10.8 Å². The van der Waals surface area contributed by atoms with E-state index in [1.807, 2.05) is 24.1 Å². The summed E-state index contributed by atoms with van der Waals surface area (Å²) < 4.78 is 5.99. The first-order chi connectivity index (χ1) is 11.6. The predicted molar refractivity (Wildman–Crippen MR) is 91.0 cm³/mol. The van der Waals surface area contributed by atoms with E-state index in [9.17, 15) is 9.82 Å². The zero-order valence-electron chi connectivity index (χ0n) is 13.7. The van der Waals surface area contributed by atoms with Crippen molar-refractivity contribution in [3.63, 3.8) is 0 Å². The molecule has 24 heavy (non-hydrogen) atoms. The number of H-pyrrole nitrogens is 1. The number of amides is 2. The van der Waals surface area contributed by atoms with Crippen molar-refractivity contribution in [3.05, 3.63) is 24.0 Å². The van der Waals surface area contributed by atoms with E-state index in [2.05, 4.69) is 15.3 Å². The van der Waals surface area contributed by atoms with E-state index in [1.54, 1.807) is 6.20 Å². The number of aromatic nitrogens is 2. The number of aromatic amines is 1. The number of likely N-dealkylation sites (tertiary alicyclic amines) is 1. The zero-order valence-corrected chi connectivity index (χ0v) is 13.7. The maximum atomic E-state index is 12.2. The highest BCUT2D eigenvalue weighted by atomic mass is 16.5. The molecular weight excluding hydrogens is 307 g/mol. The van der Waals surface area contributed by atoms with Gasteiger partial charge in [0.1, 0.15) is 5.65 Å². The molecule has 2 aliphatic heterocycles. The van der Waals surface area contributed by atoms with Gasteiger partial charge in [-0.2, -0.15) is 0 Å². The number of carbonyl (C=O) groups excluding carboxylic acids is 1. The minimum Gasteiger partial charge on any atom is -0.423 e. The van der Waals surface area contributed by atoms with Gasteiger partial charge >= 0.3 is 13.1 Å². The average Bonchev–Trinajstić information content (AvgIpc) is 3.16. The Morgan fingerprint density at radius 3 is 3.08 bits per heavy atom. The van der Waals surface area contributed by atoms with Gasteiger partial charge in [-0.15, -0.1) is 0 Å². The van der Waals surface area contributed by atoms with Gasteiger partial charge in [-0.3, -0.25) is 0 Å². The summed E-state index contributed by atoms with van der Waals surface area (Å²) in [5, 5.41) is 14.2. The zero-order chi connectivity index (χ0) is 16.7. The Kier molecular flexibility index (Phi) is 3.73. The molecular formula is C16H21BN4O3. The Balaban J connectivity index is 1.61. The molecule has 4 heterocycles. The molecule has 2 aliphatic rings. The molecule has 0 bridgehead atoms. The van der Waals surface area contributed by atoms with Crippen LogP contribution in [0.15, 0.2) is 18.5 Å². The molecule has 0 aromatic carbocycles. The van der Waals surface area contributed by atoms with Crippen LogP contribution in [0.5, 0.6) is 0 Å². The molecule has 4 rings (SSSR count). The summed E-state index contributed by atoms with van der Waals surface area (Å²) in [4.78, 5) is 21.4. The standard InChI is InChI=1S/C16H21BN4O3/c1-2-6-19-15(22)21-8-4-16(5-9-21)13-11-3-7-18-14(11)20-10-12(13)17(23)24-16/h3,7,10,23H,2,4-6,8-9H2,1H3,(H,18,20)(H,19,22). The first kappa shape index (κ1) is 15.5. The van der Waals surface area contributed by atoms with Gasteiger partial charge in [0.15, 0.2) is 0 Å². The van der Waals surface area contributed by atoms with Crippen molar-refractivity contribution in [2.75, 3.05) is 19.6 Å². The highest BCUT2D eigenvalue weighted by Gasteiger charge is 2.50. The monoisotopic (exact) mass is 328 g/mol. The normalized spacial score (nSPS) is 19.1. The van der Waals surface area contributed by atoms with Crippen molar-refractivity contribution in [3.8, 4) is 0 Å². The van der Waals surface area contributed by atoms with Gasteiger partial charge in [0.2, 0.25) is 0 Å². The maximum absolute atomic E-state index is 12.2. The number of fused-ring (bicyclic) bond motifs is 4. The van der Waals surface area contributed by atoms with Gasteiger partial charge in [-0.05, 0) is 30.9 Å². The van der Waals surface area contributed by atoms with Crippen molar-refractivity contribution in [2.24, 2.45) is 0 Å². The van der Waals surface area contributed by atoms with Crippen LogP contribution in [0.25, 0.3) is 11.0 Å². The van der Waals surface area contributed by atoms with Crippen molar-refractivity contribution in [1.82, 2.24) is 20.2 Å². The summed E-state index contributed by atoms with van der Waals surface area (Å²) in [5.41, 5.74) is 2.02.